The number of fused-ring (bicyclic) bond motifs is 1. The van der Waals surface area contributed by atoms with Crippen molar-refractivity contribution < 1.29 is 9.53 Å². The van der Waals surface area contributed by atoms with Gasteiger partial charge in [-0.25, -0.2) is 4.79 Å². The minimum absolute atomic E-state index is 0.348. The zero-order chi connectivity index (χ0) is 21.3. The van der Waals surface area contributed by atoms with Gasteiger partial charge >= 0.3 is 5.97 Å². The molecule has 2 aliphatic rings. The second kappa shape index (κ2) is 8.55. The third-order valence-corrected chi connectivity index (χ3v) is 6.46. The van der Waals surface area contributed by atoms with Gasteiger partial charge in [0.05, 0.1) is 12.7 Å². The summed E-state index contributed by atoms with van der Waals surface area (Å²) < 4.78 is 5.20. The van der Waals surface area contributed by atoms with Crippen molar-refractivity contribution in [1.29, 1.82) is 0 Å². The van der Waals surface area contributed by atoms with Crippen molar-refractivity contribution in [2.45, 2.75) is 11.8 Å². The highest BCUT2D eigenvalue weighted by molar-refractivity contribution is 7.98. The number of hydrogen-bond donors (Lipinski definition) is 0. The van der Waals surface area contributed by atoms with Crippen LogP contribution in [0.2, 0.25) is 5.02 Å². The molecule has 2 aromatic carbocycles. The van der Waals surface area contributed by atoms with E-state index in [1.54, 1.807) is 11.8 Å². The fraction of sp³-hybridized carbons (Fsp3) is 0.115. The van der Waals surface area contributed by atoms with Crippen LogP contribution >= 0.6 is 23.4 Å². The number of ether oxygens (including phenoxy) is 1. The molecule has 150 valence electrons. The lowest BCUT2D eigenvalue weighted by molar-refractivity contribution is 0.0603. The van der Waals surface area contributed by atoms with E-state index in [-0.39, 0.29) is 5.97 Å². The molecule has 4 heteroatoms. The predicted octanol–water partition coefficient (Wildman–Crippen LogP) is 7.60. The van der Waals surface area contributed by atoms with Gasteiger partial charge in [-0.2, -0.15) is 0 Å². The maximum absolute atomic E-state index is 13.0. The molecule has 0 N–H and O–H groups in total. The van der Waals surface area contributed by atoms with Gasteiger partial charge in [0.25, 0.3) is 0 Å². The van der Waals surface area contributed by atoms with Crippen molar-refractivity contribution in [3.05, 3.63) is 88.9 Å². The standard InChI is InChI=1S/C26H21ClO2S/c1-16-9-10-18(15-22(16)27)23-20-7-5-4-6-8-21(20)25(26(28)29-2)24(23)17-11-13-19(30-3)14-12-17/h4-15H,1-3H3. The fourth-order valence-corrected chi connectivity index (χ4v) is 4.38. The van der Waals surface area contributed by atoms with Crippen molar-refractivity contribution in [2.75, 3.05) is 13.4 Å². The summed E-state index contributed by atoms with van der Waals surface area (Å²) in [5.74, 6) is -0.348. The zero-order valence-corrected chi connectivity index (χ0v) is 18.6. The van der Waals surface area contributed by atoms with Gasteiger partial charge in [0, 0.05) is 15.5 Å². The minimum atomic E-state index is -0.348. The molecule has 2 aromatic rings. The van der Waals surface area contributed by atoms with Gasteiger partial charge in [0.15, 0.2) is 0 Å². The van der Waals surface area contributed by atoms with Crippen LogP contribution in [0, 0.1) is 6.92 Å². The minimum Gasteiger partial charge on any atom is -0.465 e. The molecular weight excluding hydrogens is 412 g/mol. The normalized spacial score (nSPS) is 10.9. The number of thioether (sulfide) groups is 1. The molecule has 0 saturated heterocycles. The van der Waals surface area contributed by atoms with Gasteiger partial charge in [0.1, 0.15) is 0 Å². The first-order valence-corrected chi connectivity index (χ1v) is 11.2. The number of carbonyl (C=O) groups excluding carboxylic acids is 1. The van der Waals surface area contributed by atoms with Crippen molar-refractivity contribution >= 4 is 29.3 Å². The Labute approximate surface area is 186 Å². The quantitative estimate of drug-likeness (QED) is 0.245. The molecule has 2 aliphatic carbocycles. The van der Waals surface area contributed by atoms with E-state index in [1.165, 1.54) is 12.0 Å². The third-order valence-electron chi connectivity index (χ3n) is 5.31. The second-order valence-electron chi connectivity index (χ2n) is 7.05. The van der Waals surface area contributed by atoms with Crippen LogP contribution in [0.1, 0.15) is 15.9 Å². The summed E-state index contributed by atoms with van der Waals surface area (Å²) in [6.07, 6.45) is 2.05. The van der Waals surface area contributed by atoms with Crippen LogP contribution in [0.15, 0.2) is 77.7 Å². The zero-order valence-electron chi connectivity index (χ0n) is 17.0. The van der Waals surface area contributed by atoms with Crippen LogP contribution in [-0.2, 0) is 4.74 Å². The first-order valence-electron chi connectivity index (χ1n) is 9.59. The molecule has 0 aliphatic heterocycles. The van der Waals surface area contributed by atoms with Gasteiger partial charge in [-0.15, -0.1) is 11.8 Å². The monoisotopic (exact) mass is 432 g/mol. The van der Waals surface area contributed by atoms with E-state index in [2.05, 4.69) is 30.3 Å². The summed E-state index contributed by atoms with van der Waals surface area (Å²) in [4.78, 5) is 14.1. The Morgan fingerprint density at radius 3 is 2.17 bits per heavy atom. The second-order valence-corrected chi connectivity index (χ2v) is 8.33. The van der Waals surface area contributed by atoms with E-state index in [9.17, 15) is 4.79 Å². The van der Waals surface area contributed by atoms with Crippen molar-refractivity contribution in [2.24, 2.45) is 0 Å². The molecule has 0 spiro atoms. The Hall–Kier alpha value is -2.75. The molecule has 0 heterocycles. The Bertz CT molecular complexity index is 1200. The molecule has 30 heavy (non-hydrogen) atoms. The van der Waals surface area contributed by atoms with E-state index >= 15 is 0 Å². The lowest BCUT2D eigenvalue weighted by Gasteiger charge is -2.11. The van der Waals surface area contributed by atoms with E-state index in [4.69, 9.17) is 16.3 Å². The highest BCUT2D eigenvalue weighted by Crippen LogP contribution is 2.48. The molecule has 0 aromatic heterocycles. The third kappa shape index (κ3) is 3.60. The van der Waals surface area contributed by atoms with Crippen LogP contribution in [0.25, 0.3) is 33.4 Å². The first kappa shape index (κ1) is 20.5. The van der Waals surface area contributed by atoms with E-state index in [0.717, 1.165) is 38.9 Å². The summed E-state index contributed by atoms with van der Waals surface area (Å²) in [6.45, 7) is 1.98. The number of esters is 1. The molecule has 0 unspecified atom stereocenters. The molecule has 0 amide bonds. The average Bonchev–Trinajstić information content (AvgIpc) is 2.91. The van der Waals surface area contributed by atoms with Gasteiger partial charge in [0.2, 0.25) is 0 Å². The van der Waals surface area contributed by atoms with E-state index in [0.29, 0.717) is 10.6 Å². The van der Waals surface area contributed by atoms with Crippen LogP contribution in [-0.4, -0.2) is 19.3 Å². The molecule has 0 radical (unpaired) electrons. The maximum Gasteiger partial charge on any atom is 0.339 e. The lowest BCUT2D eigenvalue weighted by atomic mass is 9.95. The largest absolute Gasteiger partial charge is 0.465 e. The number of benzene rings is 2. The average molecular weight is 433 g/mol. The van der Waals surface area contributed by atoms with E-state index < -0.39 is 0 Å². The summed E-state index contributed by atoms with van der Waals surface area (Å²) in [5, 5.41) is 0.699. The van der Waals surface area contributed by atoms with Crippen LogP contribution in [0.4, 0.5) is 0 Å². The highest BCUT2D eigenvalue weighted by Gasteiger charge is 2.29. The maximum atomic E-state index is 13.0. The van der Waals surface area contributed by atoms with E-state index in [1.807, 2.05) is 55.6 Å². The summed E-state index contributed by atoms with van der Waals surface area (Å²) in [5.41, 5.74) is 7.25. The topological polar surface area (TPSA) is 26.3 Å². The number of methoxy groups -OCH3 is 1. The number of carbonyl (C=O) groups is 1. The molecule has 0 fully saturated rings. The fourth-order valence-electron chi connectivity index (χ4n) is 3.79. The molecular formula is C26H21ClO2S. The van der Waals surface area contributed by atoms with Gasteiger partial charge in [-0.3, -0.25) is 0 Å². The summed E-state index contributed by atoms with van der Waals surface area (Å²) in [7, 11) is 1.42. The van der Waals surface area contributed by atoms with Crippen molar-refractivity contribution in [3.8, 4) is 33.4 Å². The predicted molar refractivity (Wildman–Crippen MR) is 127 cm³/mol. The number of aryl methyl sites for hydroxylation is 1. The molecule has 0 bridgehead atoms. The summed E-state index contributed by atoms with van der Waals surface area (Å²) in [6, 6.07) is 24.2. The lowest BCUT2D eigenvalue weighted by Crippen LogP contribution is -2.02. The Kier molecular flexibility index (Phi) is 5.85. The number of rotatable bonds is 4. The van der Waals surface area contributed by atoms with Crippen LogP contribution < -0.4 is 0 Å². The summed E-state index contributed by atoms with van der Waals surface area (Å²) >= 11 is 8.17. The van der Waals surface area contributed by atoms with Gasteiger partial charge in [-0.1, -0.05) is 66.2 Å². The Morgan fingerprint density at radius 1 is 0.867 bits per heavy atom. The number of hydrogen-bond acceptors (Lipinski definition) is 3. The Morgan fingerprint density at radius 2 is 1.53 bits per heavy atom. The molecule has 0 saturated carbocycles. The smallest absolute Gasteiger partial charge is 0.339 e. The van der Waals surface area contributed by atoms with Gasteiger partial charge in [-0.05, 0) is 64.8 Å². The van der Waals surface area contributed by atoms with Crippen molar-refractivity contribution in [3.63, 3.8) is 0 Å². The van der Waals surface area contributed by atoms with Gasteiger partial charge < -0.3 is 4.74 Å². The van der Waals surface area contributed by atoms with Crippen molar-refractivity contribution in [1.82, 2.24) is 0 Å². The first-order chi connectivity index (χ1) is 14.5. The van der Waals surface area contributed by atoms with Crippen LogP contribution in [0.3, 0.4) is 0 Å². The number of halogens is 1. The SMILES string of the molecule is COC(=O)c1c2cccccc-2c(-c2ccc(C)c(Cl)c2)c1-c1ccc(SC)cc1. The Balaban J connectivity index is 2.13. The molecule has 2 nitrogen and oxygen atoms in total. The van der Waals surface area contributed by atoms with Crippen LogP contribution in [0.5, 0.6) is 0 Å². The molecule has 0 atom stereocenters. The molecule has 4 rings (SSSR count). The highest BCUT2D eigenvalue weighted by atomic mass is 35.5.